The number of carboxylic acids is 1. The fourth-order valence-corrected chi connectivity index (χ4v) is 4.49. The van der Waals surface area contributed by atoms with E-state index in [1.165, 1.54) is 12.1 Å². The van der Waals surface area contributed by atoms with Crippen molar-refractivity contribution < 1.29 is 18.8 Å². The van der Waals surface area contributed by atoms with E-state index >= 15 is 0 Å². The first kappa shape index (κ1) is 22.6. The second-order valence-corrected chi connectivity index (χ2v) is 8.81. The Morgan fingerprint density at radius 3 is 2.59 bits per heavy atom. The van der Waals surface area contributed by atoms with Crippen LogP contribution in [0.4, 0.5) is 21.7 Å². The highest BCUT2D eigenvalue weighted by molar-refractivity contribution is 6.31. The second kappa shape index (κ2) is 8.65. The van der Waals surface area contributed by atoms with Crippen LogP contribution >= 0.6 is 11.6 Å². The number of nitrogens with zero attached hydrogens (tertiary/aromatic N) is 2. The topological polar surface area (TPSA) is 130 Å². The highest BCUT2D eigenvalue weighted by atomic mass is 35.5. The average molecular weight is 514 g/mol. The monoisotopic (exact) mass is 513 g/mol. The van der Waals surface area contributed by atoms with Crippen LogP contribution in [0.2, 0.25) is 5.02 Å². The molecule has 6 aromatic rings. The number of nitrogens with two attached hydrogens (primary N) is 1. The van der Waals surface area contributed by atoms with Crippen LogP contribution in [0, 0.1) is 5.82 Å². The van der Waals surface area contributed by atoms with Crippen LogP contribution in [0.3, 0.4) is 0 Å². The number of carboxylic acid groups (broad SMARTS) is 1. The normalized spacial score (nSPS) is 11.3. The Labute approximate surface area is 213 Å². The van der Waals surface area contributed by atoms with Crippen molar-refractivity contribution >= 4 is 56.8 Å². The zero-order valence-corrected chi connectivity index (χ0v) is 19.7. The summed E-state index contributed by atoms with van der Waals surface area (Å²) in [5, 5.41) is 25.4. The number of aromatic nitrogens is 3. The van der Waals surface area contributed by atoms with Crippen LogP contribution < -0.4 is 11.1 Å². The van der Waals surface area contributed by atoms with E-state index in [0.29, 0.717) is 56.1 Å². The molecule has 0 bridgehead atoms. The number of hydrogen-bond donors (Lipinski definition) is 4. The van der Waals surface area contributed by atoms with Gasteiger partial charge in [-0.15, -0.1) is 0 Å². The molecule has 0 radical (unpaired) electrons. The molecule has 4 aromatic carbocycles. The van der Waals surface area contributed by atoms with E-state index in [-0.39, 0.29) is 10.6 Å². The zero-order chi connectivity index (χ0) is 25.7. The van der Waals surface area contributed by atoms with Crippen molar-refractivity contribution in [2.75, 3.05) is 11.1 Å². The van der Waals surface area contributed by atoms with Gasteiger partial charge < -0.3 is 20.7 Å². The predicted molar refractivity (Wildman–Crippen MR) is 141 cm³/mol. The first-order valence-electron chi connectivity index (χ1n) is 11.1. The van der Waals surface area contributed by atoms with Gasteiger partial charge in [0.15, 0.2) is 17.2 Å². The van der Waals surface area contributed by atoms with E-state index < -0.39 is 11.8 Å². The van der Waals surface area contributed by atoms with E-state index in [1.807, 2.05) is 0 Å². The Hall–Kier alpha value is -4.89. The van der Waals surface area contributed by atoms with Gasteiger partial charge in [-0.1, -0.05) is 41.0 Å². The van der Waals surface area contributed by atoms with E-state index in [4.69, 9.17) is 21.9 Å². The molecule has 5 N–H and O–H groups in total. The Morgan fingerprint density at radius 1 is 1.00 bits per heavy atom. The van der Waals surface area contributed by atoms with Gasteiger partial charge in [0.1, 0.15) is 5.82 Å². The smallest absolute Gasteiger partial charge is 0.336 e. The Morgan fingerprint density at radius 2 is 1.78 bits per heavy atom. The molecule has 0 aliphatic carbocycles. The van der Waals surface area contributed by atoms with E-state index in [9.17, 15) is 14.3 Å². The van der Waals surface area contributed by atoms with Crippen molar-refractivity contribution in [1.82, 2.24) is 15.4 Å². The molecule has 0 saturated heterocycles. The first-order chi connectivity index (χ1) is 17.9. The van der Waals surface area contributed by atoms with Gasteiger partial charge in [-0.25, -0.2) is 9.18 Å². The Bertz CT molecular complexity index is 1850. The zero-order valence-electron chi connectivity index (χ0n) is 18.9. The van der Waals surface area contributed by atoms with Crippen molar-refractivity contribution in [1.29, 1.82) is 0 Å². The molecular formula is C27H17ClFN5O3. The fraction of sp³-hybridized carbons (Fsp3) is 0. The molecule has 0 saturated carbocycles. The van der Waals surface area contributed by atoms with Crippen LogP contribution in [0.15, 0.2) is 77.3 Å². The molecule has 6 rings (SSSR count). The summed E-state index contributed by atoms with van der Waals surface area (Å²) in [6, 6.07) is 20.3. The van der Waals surface area contributed by atoms with Crippen LogP contribution in [0.1, 0.15) is 10.4 Å². The van der Waals surface area contributed by atoms with Gasteiger partial charge in [0, 0.05) is 16.6 Å². The van der Waals surface area contributed by atoms with Gasteiger partial charge in [0.05, 0.1) is 21.5 Å². The average Bonchev–Trinajstić information content (AvgIpc) is 3.48. The summed E-state index contributed by atoms with van der Waals surface area (Å²) in [6.45, 7) is 0. The molecule has 2 heterocycles. The molecule has 0 amide bonds. The third-order valence-corrected chi connectivity index (χ3v) is 6.44. The van der Waals surface area contributed by atoms with Gasteiger partial charge in [-0.2, -0.15) is 5.10 Å². The van der Waals surface area contributed by atoms with Gasteiger partial charge in [0.25, 0.3) is 0 Å². The largest absolute Gasteiger partial charge is 0.478 e. The van der Waals surface area contributed by atoms with Gasteiger partial charge >= 0.3 is 5.97 Å². The Balaban J connectivity index is 1.37. The van der Waals surface area contributed by atoms with Gasteiger partial charge in [-0.05, 0) is 65.2 Å². The lowest BCUT2D eigenvalue weighted by atomic mass is 9.98. The third kappa shape index (κ3) is 3.91. The van der Waals surface area contributed by atoms with Crippen molar-refractivity contribution in [3.63, 3.8) is 0 Å². The van der Waals surface area contributed by atoms with Gasteiger partial charge in [0.2, 0.25) is 0 Å². The Kier molecular flexibility index (Phi) is 5.27. The summed E-state index contributed by atoms with van der Waals surface area (Å²) in [7, 11) is 0. The summed E-state index contributed by atoms with van der Waals surface area (Å²) in [6.07, 6.45) is 0. The van der Waals surface area contributed by atoms with Gasteiger partial charge in [-0.3, -0.25) is 5.10 Å². The minimum absolute atomic E-state index is 0.0354. The third-order valence-electron chi connectivity index (χ3n) is 6.15. The number of halogens is 2. The van der Waals surface area contributed by atoms with Crippen LogP contribution in [0.5, 0.6) is 0 Å². The molecule has 0 aliphatic heterocycles. The number of fused-ring (bicyclic) bond motifs is 2. The van der Waals surface area contributed by atoms with E-state index in [0.717, 1.165) is 5.39 Å². The lowest BCUT2D eigenvalue weighted by Crippen LogP contribution is -2.01. The van der Waals surface area contributed by atoms with Crippen molar-refractivity contribution in [2.45, 2.75) is 0 Å². The molecule has 0 unspecified atom stereocenters. The number of carbonyl (C=O) groups is 1. The lowest BCUT2D eigenvalue weighted by molar-refractivity contribution is 0.0697. The molecule has 10 heteroatoms. The van der Waals surface area contributed by atoms with E-state index in [2.05, 4.69) is 20.7 Å². The molecule has 0 fully saturated rings. The van der Waals surface area contributed by atoms with Crippen molar-refractivity contribution in [3.8, 4) is 22.3 Å². The molecule has 8 nitrogen and oxygen atoms in total. The number of rotatable bonds is 5. The number of nitrogen functional groups attached to an aromatic ring is 1. The fourth-order valence-electron chi connectivity index (χ4n) is 4.31. The number of hydrogen-bond acceptors (Lipinski definition) is 6. The maximum Gasteiger partial charge on any atom is 0.336 e. The summed E-state index contributed by atoms with van der Waals surface area (Å²) < 4.78 is 20.0. The summed E-state index contributed by atoms with van der Waals surface area (Å²) in [5.41, 5.74) is 9.86. The molecule has 0 spiro atoms. The second-order valence-electron chi connectivity index (χ2n) is 8.40. The lowest BCUT2D eigenvalue weighted by Gasteiger charge is -2.11. The van der Waals surface area contributed by atoms with Crippen LogP contribution in [-0.2, 0) is 0 Å². The molecule has 2 aromatic heterocycles. The molecule has 37 heavy (non-hydrogen) atoms. The number of aromatic carboxylic acids is 1. The number of H-pyrrole nitrogens is 1. The first-order valence-corrected chi connectivity index (χ1v) is 11.5. The number of nitrogens with one attached hydrogen (secondary N) is 2. The van der Waals surface area contributed by atoms with Crippen molar-refractivity contribution in [3.05, 3.63) is 89.2 Å². The maximum absolute atomic E-state index is 14.5. The summed E-state index contributed by atoms with van der Waals surface area (Å²) in [4.78, 5) is 11.9. The summed E-state index contributed by atoms with van der Waals surface area (Å²) in [5.74, 6) is -0.768. The molecule has 0 aliphatic rings. The standard InChI is InChI=1S/C27H17ClFN5O3/c28-21-3-1-2-16(24(21)29)14-5-8-19-23(11-14)37-34-26(19)31-15-6-9-17(27(35)36)20(12-15)13-4-7-18-22(10-13)32-33-25(18)30/h1-12H,(H,31,34)(H,35,36)(H3,30,32,33). The minimum atomic E-state index is -1.06. The highest BCUT2D eigenvalue weighted by Gasteiger charge is 2.17. The molecule has 182 valence electrons. The van der Waals surface area contributed by atoms with Crippen molar-refractivity contribution in [2.24, 2.45) is 0 Å². The van der Waals surface area contributed by atoms with E-state index in [1.54, 1.807) is 60.7 Å². The van der Waals surface area contributed by atoms with Crippen LogP contribution in [-0.4, -0.2) is 26.4 Å². The molecular weight excluding hydrogens is 497 g/mol. The highest BCUT2D eigenvalue weighted by Crippen LogP contribution is 2.35. The quantitative estimate of drug-likeness (QED) is 0.198. The number of benzene rings is 4. The summed E-state index contributed by atoms with van der Waals surface area (Å²) >= 11 is 5.93. The molecule has 0 atom stereocenters. The minimum Gasteiger partial charge on any atom is -0.478 e. The number of anilines is 3. The van der Waals surface area contributed by atoms with Crippen LogP contribution in [0.25, 0.3) is 44.1 Å². The number of aromatic amines is 1. The predicted octanol–water partition coefficient (Wildman–Crippen LogP) is 6.85. The maximum atomic E-state index is 14.5. The SMILES string of the molecule is Nc1n[nH]c2cc(-c3cc(Nc4noc5cc(-c6cccc(Cl)c6F)ccc45)ccc3C(=O)O)ccc12.